The number of hydrogen-bond acceptors (Lipinski definition) is 7. The number of aliphatic hydroxyl groups excluding tert-OH is 1. The van der Waals surface area contributed by atoms with Gasteiger partial charge in [-0.1, -0.05) is 12.8 Å². The third-order valence-corrected chi connectivity index (χ3v) is 4.76. The van der Waals surface area contributed by atoms with E-state index >= 15 is 0 Å². The molecule has 2 aliphatic rings. The van der Waals surface area contributed by atoms with Crippen LogP contribution in [0.4, 0.5) is 5.95 Å². The van der Waals surface area contributed by atoms with Crippen molar-refractivity contribution in [2.24, 2.45) is 0 Å². The topological polar surface area (TPSA) is 128 Å². The van der Waals surface area contributed by atoms with Gasteiger partial charge in [-0.25, -0.2) is 4.98 Å². The lowest BCUT2D eigenvalue weighted by molar-refractivity contribution is -0.0775. The highest BCUT2D eigenvalue weighted by atomic mass is 16.6. The average molecular weight is 335 g/mol. The van der Waals surface area contributed by atoms with Crippen LogP contribution >= 0.6 is 0 Å². The molecule has 3 heterocycles. The zero-order valence-electron chi connectivity index (χ0n) is 13.2. The van der Waals surface area contributed by atoms with Crippen molar-refractivity contribution in [1.29, 1.82) is 0 Å². The van der Waals surface area contributed by atoms with Gasteiger partial charge in [0.15, 0.2) is 11.2 Å². The van der Waals surface area contributed by atoms with Crippen LogP contribution < -0.4 is 11.3 Å². The summed E-state index contributed by atoms with van der Waals surface area (Å²) in [5.74, 6) is 0.0221. The Morgan fingerprint density at radius 2 is 2.25 bits per heavy atom. The van der Waals surface area contributed by atoms with Crippen LogP contribution in [0.5, 0.6) is 0 Å². The van der Waals surface area contributed by atoms with Crippen LogP contribution in [-0.2, 0) is 9.47 Å². The first-order chi connectivity index (χ1) is 11.6. The molecule has 0 spiro atoms. The summed E-state index contributed by atoms with van der Waals surface area (Å²) in [4.78, 5) is 22.5. The van der Waals surface area contributed by atoms with Crippen LogP contribution in [0.15, 0.2) is 11.1 Å². The summed E-state index contributed by atoms with van der Waals surface area (Å²) in [6.45, 7) is 0.366. The Morgan fingerprint density at radius 3 is 3.04 bits per heavy atom. The van der Waals surface area contributed by atoms with E-state index in [0.29, 0.717) is 18.7 Å². The first-order valence-corrected chi connectivity index (χ1v) is 8.29. The van der Waals surface area contributed by atoms with Crippen LogP contribution in [0.25, 0.3) is 11.2 Å². The van der Waals surface area contributed by atoms with Crippen molar-refractivity contribution in [2.75, 3.05) is 12.3 Å². The van der Waals surface area contributed by atoms with E-state index in [9.17, 15) is 9.90 Å². The number of fused-ring (bicyclic) bond motifs is 1. The number of aromatic amines is 1. The molecule has 0 bridgehead atoms. The first kappa shape index (κ1) is 15.6. The molecule has 4 rings (SSSR count). The summed E-state index contributed by atoms with van der Waals surface area (Å²) >= 11 is 0. The van der Waals surface area contributed by atoms with E-state index in [0.717, 1.165) is 12.8 Å². The lowest BCUT2D eigenvalue weighted by Gasteiger charge is -2.18. The van der Waals surface area contributed by atoms with Gasteiger partial charge in [-0.2, -0.15) is 4.98 Å². The van der Waals surface area contributed by atoms with Crippen molar-refractivity contribution in [3.8, 4) is 0 Å². The van der Waals surface area contributed by atoms with E-state index < -0.39 is 24.0 Å². The number of nitrogens with zero attached hydrogens (tertiary/aromatic N) is 3. The number of H-pyrrole nitrogens is 1. The van der Waals surface area contributed by atoms with Gasteiger partial charge in [0.25, 0.3) is 5.56 Å². The predicted molar refractivity (Wildman–Crippen MR) is 85.3 cm³/mol. The summed E-state index contributed by atoms with van der Waals surface area (Å²) < 4.78 is 13.4. The molecule has 3 atom stereocenters. The van der Waals surface area contributed by atoms with Gasteiger partial charge in [0, 0.05) is 6.42 Å². The summed E-state index contributed by atoms with van der Waals surface area (Å²) in [7, 11) is 0. The lowest BCUT2D eigenvalue weighted by atomic mass is 10.2. The molecule has 1 saturated carbocycles. The maximum atomic E-state index is 11.8. The second-order valence-electron chi connectivity index (χ2n) is 6.45. The molecule has 1 aliphatic carbocycles. The normalized spacial score (nSPS) is 28.1. The monoisotopic (exact) mass is 335 g/mol. The molecule has 0 amide bonds. The van der Waals surface area contributed by atoms with Crippen molar-refractivity contribution >= 4 is 17.1 Å². The fourth-order valence-corrected chi connectivity index (χ4v) is 3.48. The fraction of sp³-hybridized carbons (Fsp3) is 0.667. The van der Waals surface area contributed by atoms with Crippen LogP contribution in [-0.4, -0.2) is 49.5 Å². The summed E-state index contributed by atoms with van der Waals surface area (Å²) in [5.41, 5.74) is 5.77. The molecule has 0 unspecified atom stereocenters. The number of imidazole rings is 1. The second kappa shape index (κ2) is 6.15. The quantitative estimate of drug-likeness (QED) is 0.733. The molecule has 9 nitrogen and oxygen atoms in total. The van der Waals surface area contributed by atoms with Gasteiger partial charge in [0.1, 0.15) is 12.3 Å². The summed E-state index contributed by atoms with van der Waals surface area (Å²) in [5, 5.41) is 10.3. The van der Waals surface area contributed by atoms with E-state index in [2.05, 4.69) is 15.0 Å². The third-order valence-electron chi connectivity index (χ3n) is 4.76. The molecule has 0 radical (unpaired) electrons. The van der Waals surface area contributed by atoms with Gasteiger partial charge >= 0.3 is 0 Å². The SMILES string of the molecule is Nc1nc2c(ncn2[C@H]2C[C@H](O)[C@@H](COC3CCCC3)O2)c(=O)[nH]1. The van der Waals surface area contributed by atoms with Crippen molar-refractivity contribution in [1.82, 2.24) is 19.5 Å². The van der Waals surface area contributed by atoms with Crippen LogP contribution in [0.3, 0.4) is 0 Å². The molecule has 9 heteroatoms. The van der Waals surface area contributed by atoms with Gasteiger partial charge in [-0.3, -0.25) is 14.3 Å². The number of ether oxygens (including phenoxy) is 2. The van der Waals surface area contributed by atoms with E-state index in [-0.39, 0.29) is 17.6 Å². The zero-order chi connectivity index (χ0) is 16.7. The molecular weight excluding hydrogens is 314 g/mol. The highest BCUT2D eigenvalue weighted by molar-refractivity contribution is 5.70. The van der Waals surface area contributed by atoms with Gasteiger partial charge in [-0.15, -0.1) is 0 Å². The van der Waals surface area contributed by atoms with Gasteiger partial charge < -0.3 is 20.3 Å². The number of nitrogens with one attached hydrogen (secondary N) is 1. The average Bonchev–Trinajstić information content (AvgIpc) is 3.24. The Balaban J connectivity index is 1.50. The predicted octanol–water partition coefficient (Wildman–Crippen LogP) is 0.309. The van der Waals surface area contributed by atoms with Gasteiger partial charge in [-0.05, 0) is 12.8 Å². The number of aromatic nitrogens is 4. The van der Waals surface area contributed by atoms with Crippen molar-refractivity contribution in [3.63, 3.8) is 0 Å². The standard InChI is InChI=1S/C15H21N5O4/c16-15-18-13-12(14(22)19-15)17-7-20(13)11-5-9(21)10(24-11)6-23-8-3-1-2-4-8/h7-11,21H,1-6H2,(H3,16,18,19,22)/t9-,10+,11+/m0/s1. The van der Waals surface area contributed by atoms with Gasteiger partial charge in [0.2, 0.25) is 5.95 Å². The molecule has 2 fully saturated rings. The van der Waals surface area contributed by atoms with Crippen molar-refractivity contribution in [3.05, 3.63) is 16.7 Å². The molecule has 24 heavy (non-hydrogen) atoms. The highest BCUT2D eigenvalue weighted by Crippen LogP contribution is 2.31. The van der Waals surface area contributed by atoms with Crippen LogP contribution in [0, 0.1) is 0 Å². The molecule has 2 aromatic rings. The molecule has 0 aromatic carbocycles. The second-order valence-corrected chi connectivity index (χ2v) is 6.45. The number of anilines is 1. The molecular formula is C15H21N5O4. The van der Waals surface area contributed by atoms with E-state index in [1.165, 1.54) is 19.2 Å². The number of hydrogen-bond donors (Lipinski definition) is 3. The molecule has 130 valence electrons. The molecule has 4 N–H and O–H groups in total. The minimum atomic E-state index is -0.631. The maximum absolute atomic E-state index is 11.8. The number of nitrogens with two attached hydrogens (primary N) is 1. The highest BCUT2D eigenvalue weighted by Gasteiger charge is 2.36. The molecule has 1 aliphatic heterocycles. The third kappa shape index (κ3) is 2.79. The van der Waals surface area contributed by atoms with E-state index in [1.54, 1.807) is 4.57 Å². The molecule has 1 saturated heterocycles. The maximum Gasteiger partial charge on any atom is 0.280 e. The van der Waals surface area contributed by atoms with E-state index in [1.807, 2.05) is 0 Å². The van der Waals surface area contributed by atoms with Crippen LogP contribution in [0.1, 0.15) is 38.3 Å². The number of aliphatic hydroxyl groups is 1. The summed E-state index contributed by atoms with van der Waals surface area (Å²) in [6, 6.07) is 0. The molecule has 2 aromatic heterocycles. The Labute approximate surface area is 137 Å². The fourth-order valence-electron chi connectivity index (χ4n) is 3.48. The minimum Gasteiger partial charge on any atom is -0.390 e. The van der Waals surface area contributed by atoms with Gasteiger partial charge in [0.05, 0.1) is 25.1 Å². The Hall–Kier alpha value is -1.97. The number of rotatable bonds is 4. The van der Waals surface area contributed by atoms with Crippen LogP contribution in [0.2, 0.25) is 0 Å². The van der Waals surface area contributed by atoms with Crippen molar-refractivity contribution in [2.45, 2.75) is 56.6 Å². The first-order valence-electron chi connectivity index (χ1n) is 8.29. The lowest BCUT2D eigenvalue weighted by Crippen LogP contribution is -2.28. The largest absolute Gasteiger partial charge is 0.390 e. The van der Waals surface area contributed by atoms with Crippen molar-refractivity contribution < 1.29 is 14.6 Å². The smallest absolute Gasteiger partial charge is 0.280 e. The number of nitrogen functional groups attached to an aromatic ring is 1. The minimum absolute atomic E-state index is 0.0221. The zero-order valence-corrected chi connectivity index (χ0v) is 13.2. The Morgan fingerprint density at radius 1 is 1.46 bits per heavy atom. The Kier molecular flexibility index (Phi) is 3.99. The summed E-state index contributed by atoms with van der Waals surface area (Å²) in [6.07, 6.45) is 5.22. The Bertz CT molecular complexity index is 782. The van der Waals surface area contributed by atoms with E-state index in [4.69, 9.17) is 15.2 Å².